The van der Waals surface area contributed by atoms with E-state index in [-0.39, 0.29) is 70.7 Å². The van der Waals surface area contributed by atoms with Gasteiger partial charge in [-0.15, -0.1) is 0 Å². The Bertz CT molecular complexity index is 11.7. The molecule has 0 saturated heterocycles. The van der Waals surface area contributed by atoms with Gasteiger partial charge < -0.3 is 21.9 Å². The minimum Gasteiger partial charge on any atom is -0.412 e. The van der Waals surface area contributed by atoms with Gasteiger partial charge in [0.25, 0.3) is 0 Å². The van der Waals surface area contributed by atoms with Crippen LogP contribution in [0.25, 0.3) is 0 Å². The third-order valence-corrected chi connectivity index (χ3v) is 0. The summed E-state index contributed by atoms with van der Waals surface area (Å²) in [7, 11) is 0. The van der Waals surface area contributed by atoms with Crippen molar-refractivity contribution in [3.63, 3.8) is 0 Å². The minimum atomic E-state index is 0. The molecule has 0 aromatic rings. The second-order valence-electron chi connectivity index (χ2n) is 0. The van der Waals surface area contributed by atoms with Gasteiger partial charge in [-0.25, -0.2) is 0 Å². The van der Waals surface area contributed by atoms with Gasteiger partial charge in [-0.05, 0) is 0 Å². The first-order valence-corrected chi connectivity index (χ1v) is 0. The third kappa shape index (κ3) is 66.0. The van der Waals surface area contributed by atoms with Crippen LogP contribution < -0.4 is 0 Å². The summed E-state index contributed by atoms with van der Waals surface area (Å²) in [5, 5.41) is 0. The fourth-order valence-corrected chi connectivity index (χ4v) is 0. The van der Waals surface area contributed by atoms with Crippen molar-refractivity contribution in [3.8, 4) is 0 Å². The van der Waals surface area contributed by atoms with Crippen LogP contribution in [0.1, 0.15) is 8.85 Å². The van der Waals surface area contributed by atoms with Crippen molar-refractivity contribution in [2.45, 2.75) is 7.43 Å². The molecule has 5 heteroatoms. The Morgan fingerprint density at radius 1 is 0.667 bits per heavy atom. The standard InChI is InChI=1S/CH4.4H2O.Th.H2/h1H4;4*1H2;;1H/i;;;;;;1+1. The molecule has 0 aliphatic heterocycles. The molecule has 0 bridgehead atoms. The summed E-state index contributed by atoms with van der Waals surface area (Å²) in [4.78, 5) is 0. The van der Waals surface area contributed by atoms with E-state index in [1.807, 2.05) is 0 Å². The first-order chi connectivity index (χ1) is 0. The van der Waals surface area contributed by atoms with Crippen molar-refractivity contribution < 1.29 is 63.3 Å². The summed E-state index contributed by atoms with van der Waals surface area (Å²) < 4.78 is 0. The van der Waals surface area contributed by atoms with Crippen molar-refractivity contribution in [1.29, 1.82) is 0 Å². The number of rotatable bonds is 0. The van der Waals surface area contributed by atoms with Crippen LogP contribution in [-0.4, -0.2) is 21.9 Å². The van der Waals surface area contributed by atoms with Crippen LogP contribution in [0.5, 0.6) is 0 Å². The van der Waals surface area contributed by atoms with E-state index in [0.717, 1.165) is 0 Å². The molecule has 0 atom stereocenters. The third-order valence-electron chi connectivity index (χ3n) is 0. The molecule has 46 valence electrons. The maximum atomic E-state index is 0. The van der Waals surface area contributed by atoms with E-state index in [4.69, 9.17) is 0 Å². The summed E-state index contributed by atoms with van der Waals surface area (Å²) in [6.45, 7) is 0. The van der Waals surface area contributed by atoms with E-state index in [0.29, 0.717) is 0 Å². The molecular weight excluding hydrogens is 308 g/mol. The fourth-order valence-electron chi connectivity index (χ4n) is 0. The zero-order valence-electron chi connectivity index (χ0n) is 2.50. The zero-order valence-corrected chi connectivity index (χ0v) is 6.61. The SMILES string of the molecule is C.O.O.O.O.[2HH].[Th]. The molecule has 0 fully saturated rings. The molecule has 0 aliphatic carbocycles. The van der Waals surface area contributed by atoms with E-state index < -0.39 is 0 Å². The van der Waals surface area contributed by atoms with E-state index in [1.54, 1.807) is 0 Å². The average Bonchev–Trinajstić information content (AvgIpc) is 0. The van der Waals surface area contributed by atoms with Gasteiger partial charge in [-0.1, -0.05) is 7.43 Å². The smallest absolute Gasteiger partial charge is 0 e. The second kappa shape index (κ2) is 121. The largest absolute Gasteiger partial charge is 0.412 e. The van der Waals surface area contributed by atoms with Crippen molar-refractivity contribution >= 4 is 0 Å². The Morgan fingerprint density at radius 2 is 0.667 bits per heavy atom. The van der Waals surface area contributed by atoms with Gasteiger partial charge in [-0.2, -0.15) is 0 Å². The topological polar surface area (TPSA) is 126 Å². The summed E-state index contributed by atoms with van der Waals surface area (Å²) in [6.07, 6.45) is 0. The summed E-state index contributed by atoms with van der Waals surface area (Å²) >= 11 is 0. The van der Waals surface area contributed by atoms with E-state index in [9.17, 15) is 0 Å². The fraction of sp³-hybridized carbons (Fsp3) is 1.00. The maximum absolute atomic E-state index is 0. The molecule has 0 radical (unpaired) electrons. The van der Waals surface area contributed by atoms with Gasteiger partial charge in [0, 0.05) is 41.4 Å². The Hall–Kier alpha value is 1.16. The quantitative estimate of drug-likeness (QED) is 0.470. The summed E-state index contributed by atoms with van der Waals surface area (Å²) in [5.41, 5.74) is 0. The Morgan fingerprint density at radius 3 is 0.667 bits per heavy atom. The van der Waals surface area contributed by atoms with Crippen LogP contribution in [0.4, 0.5) is 0 Å². The molecular formula is CH14O4Th. The van der Waals surface area contributed by atoms with Gasteiger partial charge in [0.1, 0.15) is 0 Å². The van der Waals surface area contributed by atoms with Crippen LogP contribution in [0.2, 0.25) is 0 Å². The van der Waals surface area contributed by atoms with Gasteiger partial charge in [-0.3, -0.25) is 0 Å². The monoisotopic (exact) mass is 323 g/mol. The van der Waals surface area contributed by atoms with Crippen molar-refractivity contribution in [2.75, 3.05) is 0 Å². The molecule has 0 aromatic heterocycles. The van der Waals surface area contributed by atoms with Crippen molar-refractivity contribution in [2.24, 2.45) is 0 Å². The van der Waals surface area contributed by atoms with Gasteiger partial charge >= 0.3 is 0 Å². The van der Waals surface area contributed by atoms with Gasteiger partial charge in [0.2, 0.25) is 0 Å². The van der Waals surface area contributed by atoms with Crippen LogP contribution in [0, 0.1) is 39.9 Å². The summed E-state index contributed by atoms with van der Waals surface area (Å²) in [5.74, 6) is 0. The number of hydrogen-bond donors (Lipinski definition) is 0. The minimum absolute atomic E-state index is 0. The molecule has 0 aliphatic rings. The molecule has 0 aromatic carbocycles. The Labute approximate surface area is 70.3 Å². The Balaban J connectivity index is 0. The molecule has 0 saturated carbocycles. The molecule has 6 heavy (non-hydrogen) atoms. The van der Waals surface area contributed by atoms with E-state index >= 15 is 0 Å². The molecule has 0 unspecified atom stereocenters. The van der Waals surface area contributed by atoms with Crippen molar-refractivity contribution in [3.05, 3.63) is 0 Å². The predicted molar refractivity (Wildman–Crippen MR) is 23.3 cm³/mol. The zero-order chi connectivity index (χ0) is 0. The Kier molecular flexibility index (Phi) is 4060. The first-order valence-electron chi connectivity index (χ1n) is 0. The molecule has 0 spiro atoms. The molecule has 4 nitrogen and oxygen atoms in total. The molecule has 0 rings (SSSR count). The second-order valence-corrected chi connectivity index (χ2v) is 0. The van der Waals surface area contributed by atoms with Crippen LogP contribution in [-0.2, 0) is 0 Å². The maximum Gasteiger partial charge on any atom is 0 e. The molecule has 0 heterocycles. The molecule has 0 amide bonds. The number of hydrogen-bond acceptors (Lipinski definition) is 0. The van der Waals surface area contributed by atoms with E-state index in [1.165, 1.54) is 0 Å². The summed E-state index contributed by atoms with van der Waals surface area (Å²) in [6, 6.07) is 0. The van der Waals surface area contributed by atoms with E-state index in [2.05, 4.69) is 0 Å². The van der Waals surface area contributed by atoms with Crippen LogP contribution in [0.15, 0.2) is 0 Å². The first kappa shape index (κ1) is 201. The van der Waals surface area contributed by atoms with Gasteiger partial charge in [0.15, 0.2) is 0 Å². The van der Waals surface area contributed by atoms with Crippen LogP contribution in [0.3, 0.4) is 0 Å². The van der Waals surface area contributed by atoms with Crippen LogP contribution >= 0.6 is 0 Å². The normalized spacial score (nSPS) is 0. The molecule has 8 N–H and O–H groups in total. The predicted octanol–water partition coefficient (Wildman–Crippen LogP) is -2.42. The van der Waals surface area contributed by atoms with Crippen molar-refractivity contribution in [1.82, 2.24) is 0 Å². The average molecular weight is 323 g/mol. The van der Waals surface area contributed by atoms with Gasteiger partial charge in [0.05, 0.1) is 0 Å².